The summed E-state index contributed by atoms with van der Waals surface area (Å²) in [6.45, 7) is 1.64. The maximum atomic E-state index is 13.9. The second-order valence-electron chi connectivity index (χ2n) is 8.25. The number of methoxy groups -OCH3 is 4. The fraction of sp³-hybridized carbons (Fsp3) is 0.231. The first-order chi connectivity index (χ1) is 18.2. The van der Waals surface area contributed by atoms with Gasteiger partial charge < -0.3 is 23.4 Å². The van der Waals surface area contributed by atoms with E-state index in [1.54, 1.807) is 37.3 Å². The van der Waals surface area contributed by atoms with Crippen molar-refractivity contribution in [1.82, 2.24) is 4.98 Å². The molecule has 1 unspecified atom stereocenters. The number of nitrogens with zero attached hydrogens (tertiary/aromatic N) is 2. The van der Waals surface area contributed by atoms with Crippen LogP contribution in [0.5, 0.6) is 17.2 Å². The highest BCUT2D eigenvalue weighted by Gasteiger charge is 2.46. The van der Waals surface area contributed by atoms with Gasteiger partial charge in [-0.3, -0.25) is 14.5 Å². The minimum Gasteiger partial charge on any atom is -0.493 e. The topological polar surface area (TPSA) is 117 Å². The number of fused-ring (bicyclic) bond motifs is 2. The standard InChI is InChI=1S/C26H21BrN2O8S/c1-11-23(25(32)36-5)38-26(28-11)29-19(12-8-16(33-2)21(35-4)17(9-12)34-3)18-20(30)14-10-13(27)6-7-15(14)37-22(18)24(29)31/h6-10,19H,1-5H3. The van der Waals surface area contributed by atoms with E-state index in [0.29, 0.717) is 38.4 Å². The first-order valence-electron chi connectivity index (χ1n) is 11.2. The Labute approximate surface area is 228 Å². The highest BCUT2D eigenvalue weighted by molar-refractivity contribution is 9.10. The fourth-order valence-electron chi connectivity index (χ4n) is 4.48. The molecule has 1 amide bonds. The lowest BCUT2D eigenvalue weighted by Gasteiger charge is -2.24. The van der Waals surface area contributed by atoms with Crippen LogP contribution in [0.4, 0.5) is 5.13 Å². The van der Waals surface area contributed by atoms with Crippen LogP contribution in [0, 0.1) is 6.92 Å². The SMILES string of the molecule is COC(=O)c1sc(N2C(=O)c3oc4ccc(Br)cc4c(=O)c3C2c2cc(OC)c(OC)c(OC)c2)nc1C. The molecule has 5 rings (SSSR count). The van der Waals surface area contributed by atoms with E-state index < -0.39 is 17.9 Å². The van der Waals surface area contributed by atoms with Gasteiger partial charge in [0.05, 0.1) is 51.1 Å². The molecule has 1 aliphatic rings. The number of anilines is 1. The average Bonchev–Trinajstić information content (AvgIpc) is 3.44. The minimum absolute atomic E-state index is 0.115. The fourth-order valence-corrected chi connectivity index (χ4v) is 5.86. The van der Waals surface area contributed by atoms with Crippen molar-refractivity contribution in [3.05, 3.63) is 72.5 Å². The van der Waals surface area contributed by atoms with Gasteiger partial charge in [-0.15, -0.1) is 0 Å². The minimum atomic E-state index is -0.970. The molecular weight excluding hydrogens is 580 g/mol. The smallest absolute Gasteiger partial charge is 0.350 e. The molecule has 1 aliphatic heterocycles. The van der Waals surface area contributed by atoms with Gasteiger partial charge >= 0.3 is 5.97 Å². The van der Waals surface area contributed by atoms with Gasteiger partial charge in [0.1, 0.15) is 10.5 Å². The number of rotatable bonds is 6. The largest absolute Gasteiger partial charge is 0.493 e. The van der Waals surface area contributed by atoms with Gasteiger partial charge in [-0.1, -0.05) is 27.3 Å². The second kappa shape index (κ2) is 9.76. The summed E-state index contributed by atoms with van der Waals surface area (Å²) in [6.07, 6.45) is 0. The number of aryl methyl sites for hydroxylation is 1. The van der Waals surface area contributed by atoms with Crippen LogP contribution >= 0.6 is 27.3 Å². The Kier molecular flexibility index (Phi) is 6.61. The van der Waals surface area contributed by atoms with Gasteiger partial charge in [0, 0.05) is 4.47 Å². The number of halogens is 1. The van der Waals surface area contributed by atoms with Crippen LogP contribution in [0.15, 0.2) is 44.0 Å². The Morgan fingerprint density at radius 3 is 2.34 bits per heavy atom. The van der Waals surface area contributed by atoms with E-state index in [9.17, 15) is 14.4 Å². The summed E-state index contributed by atoms with van der Waals surface area (Å²) in [7, 11) is 5.69. The molecule has 10 nitrogen and oxygen atoms in total. The zero-order chi connectivity index (χ0) is 27.3. The van der Waals surface area contributed by atoms with E-state index in [0.717, 1.165) is 11.3 Å². The van der Waals surface area contributed by atoms with Gasteiger partial charge in [0.25, 0.3) is 5.91 Å². The molecule has 3 heterocycles. The van der Waals surface area contributed by atoms with Gasteiger partial charge in [0.15, 0.2) is 22.1 Å². The Balaban J connectivity index is 1.83. The zero-order valence-electron chi connectivity index (χ0n) is 20.9. The zero-order valence-corrected chi connectivity index (χ0v) is 23.3. The van der Waals surface area contributed by atoms with E-state index in [1.165, 1.54) is 33.3 Å². The monoisotopic (exact) mass is 600 g/mol. The lowest BCUT2D eigenvalue weighted by Crippen LogP contribution is -2.29. The molecule has 0 aliphatic carbocycles. The molecule has 0 N–H and O–H groups in total. The van der Waals surface area contributed by atoms with Crippen LogP contribution in [0.1, 0.15) is 43.1 Å². The number of carbonyl (C=O) groups is 2. The number of esters is 1. The lowest BCUT2D eigenvalue weighted by atomic mass is 9.98. The number of carbonyl (C=O) groups excluding carboxylic acids is 2. The molecule has 0 bridgehead atoms. The Bertz CT molecular complexity index is 1650. The molecule has 12 heteroatoms. The summed E-state index contributed by atoms with van der Waals surface area (Å²) in [5.41, 5.74) is 0.890. The number of hydrogen-bond donors (Lipinski definition) is 0. The van der Waals surface area contributed by atoms with E-state index >= 15 is 0 Å². The van der Waals surface area contributed by atoms with Crippen LogP contribution in [0.3, 0.4) is 0 Å². The first-order valence-corrected chi connectivity index (χ1v) is 12.8. The molecule has 196 valence electrons. The number of hydrogen-bond acceptors (Lipinski definition) is 10. The van der Waals surface area contributed by atoms with Crippen LogP contribution in [0.2, 0.25) is 0 Å². The molecule has 2 aromatic carbocycles. The van der Waals surface area contributed by atoms with Gasteiger partial charge in [-0.25, -0.2) is 9.78 Å². The normalized spacial score (nSPS) is 14.5. The maximum absolute atomic E-state index is 13.9. The quantitative estimate of drug-likeness (QED) is 0.285. The highest BCUT2D eigenvalue weighted by atomic mass is 79.9. The average molecular weight is 601 g/mol. The number of aromatic nitrogens is 1. The third kappa shape index (κ3) is 3.91. The number of amides is 1. The number of thiazole rings is 1. The molecule has 0 saturated heterocycles. The molecule has 0 spiro atoms. The van der Waals surface area contributed by atoms with Crippen molar-refractivity contribution in [2.45, 2.75) is 13.0 Å². The Morgan fingerprint density at radius 1 is 1.05 bits per heavy atom. The summed E-state index contributed by atoms with van der Waals surface area (Å²) in [5.74, 6) is -0.254. The predicted molar refractivity (Wildman–Crippen MR) is 143 cm³/mol. The van der Waals surface area contributed by atoms with Crippen molar-refractivity contribution >= 4 is 55.2 Å². The van der Waals surface area contributed by atoms with Crippen molar-refractivity contribution in [3.63, 3.8) is 0 Å². The molecule has 2 aromatic heterocycles. The van der Waals surface area contributed by atoms with Crippen molar-refractivity contribution in [3.8, 4) is 17.2 Å². The summed E-state index contributed by atoms with van der Waals surface area (Å²) in [6, 6.07) is 7.33. The van der Waals surface area contributed by atoms with Gasteiger partial charge in [-0.2, -0.15) is 0 Å². The van der Waals surface area contributed by atoms with E-state index in [4.69, 9.17) is 23.4 Å². The summed E-state index contributed by atoms with van der Waals surface area (Å²) in [4.78, 5) is 46.2. The molecule has 0 saturated carbocycles. The predicted octanol–water partition coefficient (Wildman–Crippen LogP) is 4.88. The molecule has 38 heavy (non-hydrogen) atoms. The Hall–Kier alpha value is -3.90. The molecule has 0 fully saturated rings. The third-order valence-electron chi connectivity index (χ3n) is 6.20. The van der Waals surface area contributed by atoms with E-state index in [-0.39, 0.29) is 32.3 Å². The maximum Gasteiger partial charge on any atom is 0.350 e. The lowest BCUT2D eigenvalue weighted by molar-refractivity contribution is 0.0605. The Morgan fingerprint density at radius 2 is 1.74 bits per heavy atom. The van der Waals surface area contributed by atoms with Crippen LogP contribution < -0.4 is 24.5 Å². The molecular formula is C26H21BrN2O8S. The van der Waals surface area contributed by atoms with Gasteiger partial charge in [-0.05, 0) is 42.8 Å². The number of ether oxygens (including phenoxy) is 4. The number of benzene rings is 2. The van der Waals surface area contributed by atoms with Gasteiger partial charge in [0.2, 0.25) is 11.5 Å². The summed E-state index contributed by atoms with van der Waals surface area (Å²) in [5, 5.41) is 0.499. The molecule has 0 radical (unpaired) electrons. The summed E-state index contributed by atoms with van der Waals surface area (Å²) < 4.78 is 28.1. The summed E-state index contributed by atoms with van der Waals surface area (Å²) >= 11 is 4.38. The first kappa shape index (κ1) is 25.7. The molecule has 1 atom stereocenters. The van der Waals surface area contributed by atoms with Crippen molar-refractivity contribution in [1.29, 1.82) is 0 Å². The van der Waals surface area contributed by atoms with Crippen LogP contribution in [0.25, 0.3) is 11.0 Å². The third-order valence-corrected chi connectivity index (χ3v) is 7.83. The van der Waals surface area contributed by atoms with E-state index in [2.05, 4.69) is 20.9 Å². The van der Waals surface area contributed by atoms with E-state index in [1.807, 2.05) is 0 Å². The van der Waals surface area contributed by atoms with Crippen molar-refractivity contribution in [2.75, 3.05) is 33.3 Å². The highest BCUT2D eigenvalue weighted by Crippen LogP contribution is 2.47. The van der Waals surface area contributed by atoms with Crippen LogP contribution in [-0.4, -0.2) is 45.3 Å². The second-order valence-corrected chi connectivity index (χ2v) is 10.1. The van der Waals surface area contributed by atoms with Crippen LogP contribution in [-0.2, 0) is 4.74 Å². The van der Waals surface area contributed by atoms with Crippen molar-refractivity contribution in [2.24, 2.45) is 0 Å². The molecule has 4 aromatic rings. The van der Waals surface area contributed by atoms with Crippen molar-refractivity contribution < 1.29 is 33.0 Å².